The topological polar surface area (TPSA) is 57.5 Å². The van der Waals surface area contributed by atoms with Crippen molar-refractivity contribution >= 4 is 5.97 Å². The average molecular weight is 220 g/mol. The summed E-state index contributed by atoms with van der Waals surface area (Å²) in [7, 11) is 0. The molecule has 0 aliphatic rings. The summed E-state index contributed by atoms with van der Waals surface area (Å²) in [5, 5.41) is 17.4. The van der Waals surface area contributed by atoms with Crippen LogP contribution in [0.4, 0.5) is 13.2 Å². The van der Waals surface area contributed by atoms with Crippen molar-refractivity contribution in [2.75, 3.05) is 0 Å². The molecule has 0 aromatic heterocycles. The SMILES string of the molecule is Cc1c(F)c(F)cc(C(O)C(=O)O)c1F. The van der Waals surface area contributed by atoms with Gasteiger partial charge < -0.3 is 10.2 Å². The molecule has 0 saturated carbocycles. The molecule has 15 heavy (non-hydrogen) atoms. The van der Waals surface area contributed by atoms with Crippen molar-refractivity contribution in [2.24, 2.45) is 0 Å². The van der Waals surface area contributed by atoms with Crippen molar-refractivity contribution in [2.45, 2.75) is 13.0 Å². The molecule has 0 aliphatic carbocycles. The van der Waals surface area contributed by atoms with Gasteiger partial charge >= 0.3 is 5.97 Å². The van der Waals surface area contributed by atoms with Crippen LogP contribution in [-0.4, -0.2) is 16.2 Å². The molecule has 0 heterocycles. The van der Waals surface area contributed by atoms with Gasteiger partial charge in [-0.05, 0) is 13.0 Å². The van der Waals surface area contributed by atoms with Gasteiger partial charge in [-0.3, -0.25) is 0 Å². The lowest BCUT2D eigenvalue weighted by Crippen LogP contribution is -2.14. The second kappa shape index (κ2) is 3.90. The van der Waals surface area contributed by atoms with E-state index < -0.39 is 40.7 Å². The third kappa shape index (κ3) is 1.94. The summed E-state index contributed by atoms with van der Waals surface area (Å²) < 4.78 is 38.8. The van der Waals surface area contributed by atoms with Crippen LogP contribution in [-0.2, 0) is 4.79 Å². The number of rotatable bonds is 2. The minimum atomic E-state index is -2.21. The van der Waals surface area contributed by atoms with E-state index in [0.29, 0.717) is 6.07 Å². The molecule has 82 valence electrons. The van der Waals surface area contributed by atoms with Gasteiger partial charge in [-0.2, -0.15) is 0 Å². The van der Waals surface area contributed by atoms with Gasteiger partial charge in [-0.1, -0.05) is 0 Å². The van der Waals surface area contributed by atoms with Crippen molar-refractivity contribution in [1.29, 1.82) is 0 Å². The Balaban J connectivity index is 3.38. The van der Waals surface area contributed by atoms with Gasteiger partial charge in [0, 0.05) is 11.1 Å². The molecule has 2 N–H and O–H groups in total. The largest absolute Gasteiger partial charge is 0.479 e. The highest BCUT2D eigenvalue weighted by molar-refractivity contribution is 5.74. The van der Waals surface area contributed by atoms with E-state index in [4.69, 9.17) is 10.2 Å². The zero-order valence-corrected chi connectivity index (χ0v) is 7.59. The van der Waals surface area contributed by atoms with Crippen LogP contribution in [0.1, 0.15) is 17.2 Å². The molecule has 1 unspecified atom stereocenters. The molecular formula is C9H7F3O3. The van der Waals surface area contributed by atoms with Crippen LogP contribution in [0.15, 0.2) is 6.07 Å². The fourth-order valence-corrected chi connectivity index (χ4v) is 1.09. The van der Waals surface area contributed by atoms with Crippen LogP contribution in [0.25, 0.3) is 0 Å². The molecule has 0 radical (unpaired) electrons. The molecule has 1 aromatic carbocycles. The maximum absolute atomic E-state index is 13.2. The number of hydrogen-bond donors (Lipinski definition) is 2. The first-order valence-electron chi connectivity index (χ1n) is 3.91. The Hall–Kier alpha value is -1.56. The predicted molar refractivity (Wildman–Crippen MR) is 43.6 cm³/mol. The first-order valence-corrected chi connectivity index (χ1v) is 3.91. The Morgan fingerprint density at radius 2 is 1.87 bits per heavy atom. The van der Waals surface area contributed by atoms with E-state index in [-0.39, 0.29) is 0 Å². The number of aliphatic hydroxyl groups is 1. The first-order chi connectivity index (χ1) is 6.86. The van der Waals surface area contributed by atoms with Crippen LogP contribution in [0.2, 0.25) is 0 Å². The molecule has 0 aliphatic heterocycles. The van der Waals surface area contributed by atoms with Gasteiger partial charge in [0.15, 0.2) is 17.7 Å². The lowest BCUT2D eigenvalue weighted by atomic mass is 10.0. The molecule has 3 nitrogen and oxygen atoms in total. The Morgan fingerprint density at radius 1 is 1.33 bits per heavy atom. The molecule has 1 atom stereocenters. The van der Waals surface area contributed by atoms with E-state index in [9.17, 15) is 18.0 Å². The number of aliphatic carboxylic acids is 1. The van der Waals surface area contributed by atoms with Gasteiger partial charge in [0.2, 0.25) is 0 Å². The third-order valence-electron chi connectivity index (χ3n) is 1.93. The fourth-order valence-electron chi connectivity index (χ4n) is 1.09. The number of carboxylic acid groups (broad SMARTS) is 1. The second-order valence-corrected chi connectivity index (χ2v) is 2.94. The predicted octanol–water partition coefficient (Wildman–Crippen LogP) is 1.53. The van der Waals surface area contributed by atoms with E-state index >= 15 is 0 Å². The maximum atomic E-state index is 13.2. The summed E-state index contributed by atoms with van der Waals surface area (Å²) in [5.41, 5.74) is -1.45. The first kappa shape index (κ1) is 11.5. The minimum absolute atomic E-state index is 0.330. The smallest absolute Gasteiger partial charge is 0.337 e. The Morgan fingerprint density at radius 3 is 2.33 bits per heavy atom. The summed E-state index contributed by atoms with van der Waals surface area (Å²) in [5.74, 6) is -5.79. The summed E-state index contributed by atoms with van der Waals surface area (Å²) in [6.07, 6.45) is -2.21. The standard InChI is InChI=1S/C9H7F3O3/c1-3-6(11)4(8(13)9(14)15)2-5(10)7(3)12/h2,8,13H,1H3,(H,14,15). The van der Waals surface area contributed by atoms with Gasteiger partial charge in [-0.25, -0.2) is 18.0 Å². The fraction of sp³-hybridized carbons (Fsp3) is 0.222. The van der Waals surface area contributed by atoms with Crippen molar-refractivity contribution in [3.05, 3.63) is 34.6 Å². The van der Waals surface area contributed by atoms with E-state index in [2.05, 4.69) is 0 Å². The van der Waals surface area contributed by atoms with E-state index in [1.165, 1.54) is 0 Å². The number of halogens is 3. The van der Waals surface area contributed by atoms with Crippen molar-refractivity contribution in [3.63, 3.8) is 0 Å². The normalized spacial score (nSPS) is 12.6. The number of carbonyl (C=O) groups is 1. The summed E-state index contributed by atoms with van der Waals surface area (Å²) in [6, 6.07) is 0.330. The summed E-state index contributed by atoms with van der Waals surface area (Å²) >= 11 is 0. The highest BCUT2D eigenvalue weighted by Crippen LogP contribution is 2.24. The van der Waals surface area contributed by atoms with Gasteiger partial charge in [0.05, 0.1) is 0 Å². The number of aliphatic hydroxyl groups excluding tert-OH is 1. The highest BCUT2D eigenvalue weighted by Gasteiger charge is 2.24. The summed E-state index contributed by atoms with van der Waals surface area (Å²) in [4.78, 5) is 10.3. The number of carboxylic acids is 1. The average Bonchev–Trinajstić information content (AvgIpc) is 2.19. The molecule has 0 amide bonds. The lowest BCUT2D eigenvalue weighted by molar-refractivity contribution is -0.147. The van der Waals surface area contributed by atoms with E-state index in [1.54, 1.807) is 0 Å². The molecule has 6 heteroatoms. The molecule has 1 rings (SSSR count). The third-order valence-corrected chi connectivity index (χ3v) is 1.93. The number of benzene rings is 1. The monoisotopic (exact) mass is 220 g/mol. The maximum Gasteiger partial charge on any atom is 0.337 e. The van der Waals surface area contributed by atoms with Crippen LogP contribution in [0, 0.1) is 24.4 Å². The van der Waals surface area contributed by atoms with Crippen LogP contribution >= 0.6 is 0 Å². The van der Waals surface area contributed by atoms with E-state index in [0.717, 1.165) is 6.92 Å². The van der Waals surface area contributed by atoms with Gasteiger partial charge in [0.25, 0.3) is 0 Å². The minimum Gasteiger partial charge on any atom is -0.479 e. The van der Waals surface area contributed by atoms with Gasteiger partial charge in [-0.15, -0.1) is 0 Å². The van der Waals surface area contributed by atoms with Crippen molar-refractivity contribution < 1.29 is 28.2 Å². The molecule has 0 saturated heterocycles. The van der Waals surface area contributed by atoms with Crippen LogP contribution < -0.4 is 0 Å². The Labute approximate surface area is 82.8 Å². The number of hydrogen-bond acceptors (Lipinski definition) is 2. The van der Waals surface area contributed by atoms with E-state index in [1.807, 2.05) is 0 Å². The van der Waals surface area contributed by atoms with Gasteiger partial charge in [0.1, 0.15) is 5.82 Å². The summed E-state index contributed by atoms with van der Waals surface area (Å²) in [6.45, 7) is 0.950. The zero-order valence-electron chi connectivity index (χ0n) is 7.59. The Bertz CT molecular complexity index is 418. The zero-order chi connectivity index (χ0) is 11.7. The van der Waals surface area contributed by atoms with Crippen molar-refractivity contribution in [3.8, 4) is 0 Å². The Kier molecular flexibility index (Phi) is 2.99. The van der Waals surface area contributed by atoms with Crippen molar-refractivity contribution in [1.82, 2.24) is 0 Å². The molecule has 0 fully saturated rings. The molecular weight excluding hydrogens is 213 g/mol. The quantitative estimate of drug-likeness (QED) is 0.743. The van der Waals surface area contributed by atoms with Crippen LogP contribution in [0.5, 0.6) is 0 Å². The molecule has 0 bridgehead atoms. The van der Waals surface area contributed by atoms with Crippen LogP contribution in [0.3, 0.4) is 0 Å². The molecule has 1 aromatic rings. The second-order valence-electron chi connectivity index (χ2n) is 2.94. The lowest BCUT2D eigenvalue weighted by Gasteiger charge is -2.10. The molecule has 0 spiro atoms. The highest BCUT2D eigenvalue weighted by atomic mass is 19.2.